The molecule has 1 saturated carbocycles. The Labute approximate surface area is 143 Å². The Balaban J connectivity index is 1.64. The molecule has 0 radical (unpaired) electrons. The molecule has 0 atom stereocenters. The van der Waals surface area contributed by atoms with Gasteiger partial charge in [0.15, 0.2) is 0 Å². The van der Waals surface area contributed by atoms with Gasteiger partial charge in [0.1, 0.15) is 5.69 Å². The van der Waals surface area contributed by atoms with Crippen LogP contribution in [0.5, 0.6) is 0 Å². The first-order valence-corrected chi connectivity index (χ1v) is 8.88. The number of carbonyl (C=O) groups is 2. The predicted octanol–water partition coefficient (Wildman–Crippen LogP) is 1.53. The van der Waals surface area contributed by atoms with Crippen molar-refractivity contribution < 1.29 is 9.59 Å². The first kappa shape index (κ1) is 16.9. The number of rotatable bonds is 3. The van der Waals surface area contributed by atoms with E-state index in [9.17, 15) is 9.59 Å². The number of nitrogens with zero attached hydrogens (tertiary/aromatic N) is 3. The van der Waals surface area contributed by atoms with Crippen LogP contribution >= 0.6 is 0 Å². The predicted molar refractivity (Wildman–Crippen MR) is 92.0 cm³/mol. The van der Waals surface area contributed by atoms with Gasteiger partial charge in [-0.05, 0) is 32.0 Å². The molecule has 2 amide bonds. The maximum Gasteiger partial charge on any atom is 0.270 e. The van der Waals surface area contributed by atoms with Crippen molar-refractivity contribution in [3.8, 4) is 0 Å². The number of amides is 2. The van der Waals surface area contributed by atoms with Crippen LogP contribution in [0.4, 0.5) is 0 Å². The first-order chi connectivity index (χ1) is 11.6. The van der Waals surface area contributed by atoms with Gasteiger partial charge in [0, 0.05) is 44.0 Å². The van der Waals surface area contributed by atoms with Crippen LogP contribution in [0.2, 0.25) is 0 Å². The molecular weight excluding hydrogens is 304 g/mol. The van der Waals surface area contributed by atoms with Gasteiger partial charge in [-0.25, -0.2) is 0 Å². The maximum absolute atomic E-state index is 12.6. The van der Waals surface area contributed by atoms with Crippen molar-refractivity contribution in [2.24, 2.45) is 0 Å². The van der Waals surface area contributed by atoms with Crippen molar-refractivity contribution >= 4 is 11.8 Å². The van der Waals surface area contributed by atoms with Crippen LogP contribution in [0.25, 0.3) is 0 Å². The van der Waals surface area contributed by atoms with E-state index in [4.69, 9.17) is 0 Å². The molecule has 0 unspecified atom stereocenters. The highest BCUT2D eigenvalue weighted by Gasteiger charge is 2.22. The smallest absolute Gasteiger partial charge is 0.270 e. The highest BCUT2D eigenvalue weighted by Crippen LogP contribution is 2.18. The Morgan fingerprint density at radius 2 is 1.83 bits per heavy atom. The van der Waals surface area contributed by atoms with Gasteiger partial charge in [-0.15, -0.1) is 0 Å². The quantitative estimate of drug-likeness (QED) is 0.913. The fraction of sp³-hybridized carbons (Fsp3) is 0.611. The monoisotopic (exact) mass is 330 g/mol. The average molecular weight is 330 g/mol. The average Bonchev–Trinajstić information content (AvgIpc) is 2.63. The summed E-state index contributed by atoms with van der Waals surface area (Å²) in [5.74, 6) is -0.188. The van der Waals surface area contributed by atoms with Crippen molar-refractivity contribution in [1.82, 2.24) is 20.1 Å². The summed E-state index contributed by atoms with van der Waals surface area (Å²) < 4.78 is 0. The topological polar surface area (TPSA) is 65.5 Å². The Morgan fingerprint density at radius 1 is 1.12 bits per heavy atom. The first-order valence-electron chi connectivity index (χ1n) is 8.88. The van der Waals surface area contributed by atoms with E-state index in [2.05, 4.69) is 22.2 Å². The summed E-state index contributed by atoms with van der Waals surface area (Å²) in [6, 6.07) is 3.56. The number of likely N-dealkylation sites (N-methyl/N-ethyl adjacent to an activating group) is 1. The molecule has 1 aliphatic carbocycles. The van der Waals surface area contributed by atoms with Gasteiger partial charge in [0.05, 0.1) is 0 Å². The van der Waals surface area contributed by atoms with Gasteiger partial charge < -0.3 is 15.1 Å². The van der Waals surface area contributed by atoms with Crippen LogP contribution in [0.1, 0.15) is 53.0 Å². The molecule has 24 heavy (non-hydrogen) atoms. The molecule has 1 aliphatic heterocycles. The molecule has 1 aromatic heterocycles. The van der Waals surface area contributed by atoms with Crippen molar-refractivity contribution in [1.29, 1.82) is 0 Å². The van der Waals surface area contributed by atoms with Crippen molar-refractivity contribution in [2.45, 2.75) is 38.1 Å². The van der Waals surface area contributed by atoms with Crippen molar-refractivity contribution in [3.05, 3.63) is 29.6 Å². The highest BCUT2D eigenvalue weighted by atomic mass is 16.2. The maximum atomic E-state index is 12.6. The molecule has 130 valence electrons. The van der Waals surface area contributed by atoms with Crippen molar-refractivity contribution in [2.75, 3.05) is 33.2 Å². The summed E-state index contributed by atoms with van der Waals surface area (Å²) in [5.41, 5.74) is 0.879. The molecule has 2 heterocycles. The molecule has 0 bridgehead atoms. The molecule has 1 N–H and O–H groups in total. The standard InChI is InChI=1S/C18H26N4O2/c1-21-9-11-22(12-10-21)18(24)14-7-8-19-16(13-14)17(23)20-15-5-3-2-4-6-15/h7-8,13,15H,2-6,9-12H2,1H3,(H,20,23). The Bertz CT molecular complexity index is 590. The van der Waals surface area contributed by atoms with E-state index in [-0.39, 0.29) is 17.9 Å². The lowest BCUT2D eigenvalue weighted by Crippen LogP contribution is -2.47. The summed E-state index contributed by atoms with van der Waals surface area (Å²) in [4.78, 5) is 33.2. The molecule has 0 aromatic carbocycles. The van der Waals surface area contributed by atoms with Crippen LogP contribution < -0.4 is 5.32 Å². The van der Waals surface area contributed by atoms with Gasteiger partial charge in [0.2, 0.25) is 0 Å². The lowest BCUT2D eigenvalue weighted by atomic mass is 9.95. The van der Waals surface area contributed by atoms with Gasteiger partial charge in [-0.2, -0.15) is 0 Å². The molecule has 2 aliphatic rings. The fourth-order valence-corrected chi connectivity index (χ4v) is 3.39. The van der Waals surface area contributed by atoms with E-state index in [0.717, 1.165) is 39.0 Å². The molecule has 6 nitrogen and oxygen atoms in total. The van der Waals surface area contributed by atoms with E-state index in [1.807, 2.05) is 4.90 Å². The number of pyridine rings is 1. The van der Waals surface area contributed by atoms with E-state index in [1.165, 1.54) is 19.3 Å². The number of carbonyl (C=O) groups excluding carboxylic acids is 2. The summed E-state index contributed by atoms with van der Waals surface area (Å²) in [7, 11) is 2.06. The number of aromatic nitrogens is 1. The van der Waals surface area contributed by atoms with Gasteiger partial charge in [-0.1, -0.05) is 19.3 Å². The molecule has 6 heteroatoms. The number of hydrogen-bond donors (Lipinski definition) is 1. The van der Waals surface area contributed by atoms with Crippen LogP contribution in [0.3, 0.4) is 0 Å². The zero-order valence-electron chi connectivity index (χ0n) is 14.3. The summed E-state index contributed by atoms with van der Waals surface area (Å²) in [6.45, 7) is 3.21. The van der Waals surface area contributed by atoms with Crippen LogP contribution in [-0.2, 0) is 0 Å². The molecule has 3 rings (SSSR count). The highest BCUT2D eigenvalue weighted by molar-refractivity contribution is 5.98. The Kier molecular flexibility index (Phi) is 5.45. The van der Waals surface area contributed by atoms with Gasteiger partial charge >= 0.3 is 0 Å². The third-order valence-electron chi connectivity index (χ3n) is 4.97. The van der Waals surface area contributed by atoms with E-state index in [1.54, 1.807) is 18.3 Å². The second-order valence-corrected chi connectivity index (χ2v) is 6.83. The molecular formula is C18H26N4O2. The number of hydrogen-bond acceptors (Lipinski definition) is 4. The number of piperazine rings is 1. The molecule has 0 spiro atoms. The van der Waals surface area contributed by atoms with E-state index in [0.29, 0.717) is 11.3 Å². The second kappa shape index (κ2) is 7.75. The fourth-order valence-electron chi connectivity index (χ4n) is 3.39. The van der Waals surface area contributed by atoms with E-state index >= 15 is 0 Å². The van der Waals surface area contributed by atoms with E-state index < -0.39 is 0 Å². The summed E-state index contributed by atoms with van der Waals surface area (Å²) >= 11 is 0. The van der Waals surface area contributed by atoms with Crippen molar-refractivity contribution in [3.63, 3.8) is 0 Å². The van der Waals surface area contributed by atoms with Gasteiger partial charge in [-0.3, -0.25) is 14.6 Å². The van der Waals surface area contributed by atoms with Crippen LogP contribution in [-0.4, -0.2) is 65.9 Å². The second-order valence-electron chi connectivity index (χ2n) is 6.83. The summed E-state index contributed by atoms with van der Waals surface area (Å²) in [5, 5.41) is 3.05. The molecule has 2 fully saturated rings. The van der Waals surface area contributed by atoms with Crippen LogP contribution in [0.15, 0.2) is 18.3 Å². The third kappa shape index (κ3) is 4.12. The minimum atomic E-state index is -0.171. The lowest BCUT2D eigenvalue weighted by Gasteiger charge is -2.32. The minimum Gasteiger partial charge on any atom is -0.348 e. The molecule has 1 saturated heterocycles. The Morgan fingerprint density at radius 3 is 2.54 bits per heavy atom. The third-order valence-corrected chi connectivity index (χ3v) is 4.97. The van der Waals surface area contributed by atoms with Gasteiger partial charge in [0.25, 0.3) is 11.8 Å². The minimum absolute atomic E-state index is 0.0165. The lowest BCUT2D eigenvalue weighted by molar-refractivity contribution is 0.0664. The normalized spacial score (nSPS) is 20.0. The molecule has 1 aromatic rings. The summed E-state index contributed by atoms with van der Waals surface area (Å²) in [6.07, 6.45) is 7.21. The Hall–Kier alpha value is -1.95. The SMILES string of the molecule is CN1CCN(C(=O)c2ccnc(C(=O)NC3CCCCC3)c2)CC1. The number of nitrogens with one attached hydrogen (secondary N) is 1. The zero-order valence-corrected chi connectivity index (χ0v) is 14.3. The largest absolute Gasteiger partial charge is 0.348 e. The zero-order chi connectivity index (χ0) is 16.9. The van der Waals surface area contributed by atoms with Crippen LogP contribution in [0, 0.1) is 0 Å².